The van der Waals surface area contributed by atoms with Crippen LogP contribution in [0.5, 0.6) is 0 Å². The molecule has 2 N–H and O–H groups in total. The van der Waals surface area contributed by atoms with E-state index in [4.69, 9.17) is 11.6 Å². The maximum Gasteiger partial charge on any atom is 0.243 e. The van der Waals surface area contributed by atoms with Gasteiger partial charge in [0.05, 0.1) is 0 Å². The van der Waals surface area contributed by atoms with Crippen molar-refractivity contribution in [2.24, 2.45) is 17.8 Å². The van der Waals surface area contributed by atoms with Crippen molar-refractivity contribution in [1.29, 1.82) is 0 Å². The summed E-state index contributed by atoms with van der Waals surface area (Å²) in [5, 5.41) is 6.93. The Balaban J connectivity index is 1.41. The Bertz CT molecular complexity index is 686. The van der Waals surface area contributed by atoms with Crippen LogP contribution in [-0.4, -0.2) is 29.1 Å². The molecule has 4 nitrogen and oxygen atoms in total. The zero-order valence-corrected chi connectivity index (χ0v) is 17.2. The lowest BCUT2D eigenvalue weighted by Crippen LogP contribution is -2.63. The van der Waals surface area contributed by atoms with Crippen LogP contribution >= 0.6 is 23.4 Å². The zero-order chi connectivity index (χ0) is 19.0. The zero-order valence-electron chi connectivity index (χ0n) is 15.7. The van der Waals surface area contributed by atoms with E-state index in [1.165, 1.54) is 26.2 Å². The van der Waals surface area contributed by atoms with Crippen molar-refractivity contribution in [2.75, 3.05) is 5.75 Å². The second kappa shape index (κ2) is 7.67. The molecule has 1 atom stereocenters. The van der Waals surface area contributed by atoms with Gasteiger partial charge in [-0.3, -0.25) is 9.59 Å². The van der Waals surface area contributed by atoms with E-state index in [9.17, 15) is 9.59 Å². The fraction of sp³-hybridized carbons (Fsp3) is 0.619. The molecule has 4 aliphatic rings. The smallest absolute Gasteiger partial charge is 0.243 e. The van der Waals surface area contributed by atoms with Gasteiger partial charge in [0.2, 0.25) is 11.8 Å². The Morgan fingerprint density at radius 1 is 1.11 bits per heavy atom. The first kappa shape index (κ1) is 19.1. The minimum atomic E-state index is -0.517. The van der Waals surface area contributed by atoms with Gasteiger partial charge in [-0.1, -0.05) is 11.6 Å². The Labute approximate surface area is 170 Å². The minimum Gasteiger partial charge on any atom is -0.349 e. The molecule has 0 spiro atoms. The van der Waals surface area contributed by atoms with Crippen LogP contribution in [0, 0.1) is 17.8 Å². The van der Waals surface area contributed by atoms with Crippen molar-refractivity contribution >= 4 is 35.2 Å². The van der Waals surface area contributed by atoms with E-state index in [0.29, 0.717) is 10.8 Å². The molecular weight excluding hydrogens is 380 g/mol. The Hall–Kier alpha value is -1.20. The molecule has 146 valence electrons. The van der Waals surface area contributed by atoms with E-state index in [1.54, 1.807) is 11.8 Å². The first-order valence-corrected chi connectivity index (χ1v) is 11.2. The minimum absolute atomic E-state index is 0.0337. The number of carbonyl (C=O) groups is 2. The molecule has 1 unspecified atom stereocenters. The van der Waals surface area contributed by atoms with E-state index < -0.39 is 6.04 Å². The number of benzene rings is 1. The number of halogens is 1. The van der Waals surface area contributed by atoms with Crippen molar-refractivity contribution in [2.45, 2.75) is 61.9 Å². The van der Waals surface area contributed by atoms with Crippen molar-refractivity contribution in [3.05, 3.63) is 29.3 Å². The highest BCUT2D eigenvalue weighted by Gasteiger charge is 2.51. The van der Waals surface area contributed by atoms with Gasteiger partial charge in [-0.25, -0.2) is 0 Å². The first-order valence-electron chi connectivity index (χ1n) is 9.88. The topological polar surface area (TPSA) is 58.2 Å². The first-order chi connectivity index (χ1) is 12.9. The molecule has 0 heterocycles. The van der Waals surface area contributed by atoms with E-state index in [1.807, 2.05) is 24.3 Å². The molecule has 6 heteroatoms. The molecule has 4 bridgehead atoms. The number of amides is 2. The monoisotopic (exact) mass is 406 g/mol. The van der Waals surface area contributed by atoms with Crippen LogP contribution in [0.1, 0.15) is 45.4 Å². The van der Waals surface area contributed by atoms with Crippen LogP contribution in [0.4, 0.5) is 0 Å². The van der Waals surface area contributed by atoms with Crippen LogP contribution in [0.2, 0.25) is 5.02 Å². The van der Waals surface area contributed by atoms with Gasteiger partial charge in [0, 0.05) is 28.1 Å². The van der Waals surface area contributed by atoms with Crippen molar-refractivity contribution in [1.82, 2.24) is 10.6 Å². The number of carbonyl (C=O) groups excluding carboxylic acids is 2. The van der Waals surface area contributed by atoms with Crippen LogP contribution in [0.15, 0.2) is 29.2 Å². The maximum absolute atomic E-state index is 13.1. The van der Waals surface area contributed by atoms with Crippen LogP contribution in [0.25, 0.3) is 0 Å². The molecule has 0 radical (unpaired) electrons. The molecule has 27 heavy (non-hydrogen) atoms. The molecule has 2 amide bonds. The lowest BCUT2D eigenvalue weighted by Gasteiger charge is -2.57. The molecule has 5 rings (SSSR count). The predicted octanol–water partition coefficient (Wildman–Crippen LogP) is 4.02. The second-order valence-corrected chi connectivity index (χ2v) is 10.2. The quantitative estimate of drug-likeness (QED) is 0.701. The van der Waals surface area contributed by atoms with E-state index in [-0.39, 0.29) is 17.4 Å². The fourth-order valence-corrected chi connectivity index (χ4v) is 6.80. The summed E-state index contributed by atoms with van der Waals surface area (Å²) in [7, 11) is 0. The lowest BCUT2D eigenvalue weighted by atomic mass is 9.53. The van der Waals surface area contributed by atoms with Gasteiger partial charge in [0.1, 0.15) is 6.04 Å². The molecule has 0 aromatic heterocycles. The summed E-state index contributed by atoms with van der Waals surface area (Å²) in [5.74, 6) is 2.64. The molecule has 1 aromatic rings. The number of rotatable bonds is 6. The average molecular weight is 407 g/mol. The second-order valence-electron chi connectivity index (χ2n) is 8.71. The van der Waals surface area contributed by atoms with Gasteiger partial charge in [-0.15, -0.1) is 11.8 Å². The summed E-state index contributed by atoms with van der Waals surface area (Å²) < 4.78 is 0. The van der Waals surface area contributed by atoms with Crippen molar-refractivity contribution < 1.29 is 9.59 Å². The molecule has 1 aromatic carbocycles. The third-order valence-electron chi connectivity index (χ3n) is 6.35. The standard InChI is InChI=1S/C21H27ClN2O2S/c1-13(25)23-19(12-27-18-4-2-17(22)3-5-18)20(26)24-21-9-14-6-15(10-21)8-16(7-14)11-21/h2-5,14-16,19H,6-12H2,1H3,(H,23,25)(H,24,26). The largest absolute Gasteiger partial charge is 0.349 e. The Morgan fingerprint density at radius 2 is 1.67 bits per heavy atom. The van der Waals surface area contributed by atoms with Gasteiger partial charge in [0.15, 0.2) is 0 Å². The van der Waals surface area contributed by atoms with Crippen LogP contribution in [0.3, 0.4) is 0 Å². The summed E-state index contributed by atoms with van der Waals surface area (Å²) in [6, 6.07) is 7.04. The van der Waals surface area contributed by atoms with Gasteiger partial charge in [0.25, 0.3) is 0 Å². The van der Waals surface area contributed by atoms with E-state index in [2.05, 4.69) is 10.6 Å². The summed E-state index contributed by atoms with van der Waals surface area (Å²) in [6.45, 7) is 1.47. The van der Waals surface area contributed by atoms with Crippen LogP contribution < -0.4 is 10.6 Å². The number of nitrogens with one attached hydrogen (secondary N) is 2. The van der Waals surface area contributed by atoms with E-state index in [0.717, 1.165) is 41.9 Å². The lowest BCUT2D eigenvalue weighted by molar-refractivity contribution is -0.131. The predicted molar refractivity (Wildman–Crippen MR) is 109 cm³/mol. The molecular formula is C21H27ClN2O2S. The van der Waals surface area contributed by atoms with E-state index >= 15 is 0 Å². The van der Waals surface area contributed by atoms with Gasteiger partial charge < -0.3 is 10.6 Å². The third kappa shape index (κ3) is 4.45. The van der Waals surface area contributed by atoms with Gasteiger partial charge in [-0.2, -0.15) is 0 Å². The van der Waals surface area contributed by atoms with Crippen LogP contribution in [-0.2, 0) is 9.59 Å². The van der Waals surface area contributed by atoms with Crippen molar-refractivity contribution in [3.63, 3.8) is 0 Å². The van der Waals surface area contributed by atoms with Crippen molar-refractivity contribution in [3.8, 4) is 0 Å². The average Bonchev–Trinajstić information content (AvgIpc) is 2.58. The van der Waals surface area contributed by atoms with Gasteiger partial charge in [-0.05, 0) is 80.5 Å². The summed E-state index contributed by atoms with van der Waals surface area (Å²) in [4.78, 5) is 25.8. The molecule has 4 saturated carbocycles. The highest BCUT2D eigenvalue weighted by Crippen LogP contribution is 2.55. The SMILES string of the molecule is CC(=O)NC(CSc1ccc(Cl)cc1)C(=O)NC12CC3CC(CC(C3)C1)C2. The highest BCUT2D eigenvalue weighted by atomic mass is 35.5. The Kier molecular flexibility index (Phi) is 5.43. The van der Waals surface area contributed by atoms with Gasteiger partial charge >= 0.3 is 0 Å². The highest BCUT2D eigenvalue weighted by molar-refractivity contribution is 7.99. The molecule has 4 aliphatic carbocycles. The summed E-state index contributed by atoms with van der Waals surface area (Å²) in [5.41, 5.74) is -0.0342. The summed E-state index contributed by atoms with van der Waals surface area (Å²) in [6.07, 6.45) is 7.37. The fourth-order valence-electron chi connectivity index (χ4n) is 5.75. The number of thioether (sulfide) groups is 1. The maximum atomic E-state index is 13.1. The Morgan fingerprint density at radius 3 is 2.19 bits per heavy atom. The number of hydrogen-bond acceptors (Lipinski definition) is 3. The summed E-state index contributed by atoms with van der Waals surface area (Å²) >= 11 is 7.50. The third-order valence-corrected chi connectivity index (χ3v) is 7.71. The normalized spacial score (nSPS) is 32.1. The number of hydrogen-bond donors (Lipinski definition) is 2. The molecule has 0 saturated heterocycles. The molecule has 4 fully saturated rings. The molecule has 0 aliphatic heterocycles.